The van der Waals surface area contributed by atoms with Gasteiger partial charge in [0.25, 0.3) is 0 Å². The van der Waals surface area contributed by atoms with E-state index in [1.165, 1.54) is 12.1 Å². The van der Waals surface area contributed by atoms with Gasteiger partial charge in [-0.1, -0.05) is 37.3 Å². The van der Waals surface area contributed by atoms with Gasteiger partial charge in [0.05, 0.1) is 0 Å². The van der Waals surface area contributed by atoms with E-state index in [0.717, 1.165) is 30.0 Å². The molecule has 1 N–H and O–H groups in total. The molecule has 0 aromatic heterocycles. The van der Waals surface area contributed by atoms with Crippen LogP contribution >= 0.6 is 0 Å². The summed E-state index contributed by atoms with van der Waals surface area (Å²) in [6, 6.07) is 14.3. The van der Waals surface area contributed by atoms with E-state index in [4.69, 9.17) is 4.74 Å². The van der Waals surface area contributed by atoms with E-state index in [9.17, 15) is 4.39 Å². The summed E-state index contributed by atoms with van der Waals surface area (Å²) in [5.41, 5.74) is 2.09. The number of hydrogen-bond acceptors (Lipinski definition) is 2. The topological polar surface area (TPSA) is 21.3 Å². The molecule has 0 bridgehead atoms. The van der Waals surface area contributed by atoms with Gasteiger partial charge in [-0.05, 0) is 30.3 Å². The van der Waals surface area contributed by atoms with Crippen molar-refractivity contribution < 1.29 is 9.13 Å². The molecule has 100 valence electrons. The van der Waals surface area contributed by atoms with E-state index in [0.29, 0.717) is 6.61 Å². The molecule has 0 aliphatic rings. The van der Waals surface area contributed by atoms with Gasteiger partial charge in [-0.15, -0.1) is 0 Å². The highest BCUT2D eigenvalue weighted by molar-refractivity contribution is 5.33. The van der Waals surface area contributed by atoms with Crippen LogP contribution in [-0.4, -0.2) is 6.54 Å². The van der Waals surface area contributed by atoms with Gasteiger partial charge in [-0.2, -0.15) is 0 Å². The average molecular weight is 259 g/mol. The monoisotopic (exact) mass is 259 g/mol. The van der Waals surface area contributed by atoms with Crippen LogP contribution in [0.2, 0.25) is 0 Å². The Bertz CT molecular complexity index is 510. The molecule has 0 spiro atoms. The van der Waals surface area contributed by atoms with Crippen molar-refractivity contribution in [2.75, 3.05) is 6.54 Å². The quantitative estimate of drug-likeness (QED) is 0.857. The Morgan fingerprint density at radius 2 is 1.79 bits per heavy atom. The van der Waals surface area contributed by atoms with E-state index < -0.39 is 0 Å². The lowest BCUT2D eigenvalue weighted by Crippen LogP contribution is -2.12. The highest BCUT2D eigenvalue weighted by atomic mass is 19.1. The molecule has 0 fully saturated rings. The maximum atomic E-state index is 12.8. The van der Waals surface area contributed by atoms with E-state index in [1.54, 1.807) is 12.1 Å². The molecule has 0 saturated carbocycles. The van der Waals surface area contributed by atoms with Gasteiger partial charge in [0.2, 0.25) is 0 Å². The van der Waals surface area contributed by atoms with Crippen molar-refractivity contribution in [2.24, 2.45) is 0 Å². The van der Waals surface area contributed by atoms with Crippen LogP contribution in [-0.2, 0) is 13.2 Å². The van der Waals surface area contributed by atoms with Crippen molar-refractivity contribution in [3.05, 3.63) is 65.5 Å². The zero-order valence-electron chi connectivity index (χ0n) is 11.0. The molecule has 0 aliphatic carbocycles. The van der Waals surface area contributed by atoms with Crippen molar-refractivity contribution in [3.8, 4) is 5.75 Å². The first kappa shape index (κ1) is 13.6. The van der Waals surface area contributed by atoms with Crippen LogP contribution in [0, 0.1) is 5.82 Å². The molecular weight excluding hydrogens is 241 g/mol. The molecule has 0 amide bonds. The number of halogens is 1. The largest absolute Gasteiger partial charge is 0.489 e. The fourth-order valence-electron chi connectivity index (χ4n) is 1.79. The van der Waals surface area contributed by atoms with Crippen LogP contribution in [0.4, 0.5) is 4.39 Å². The minimum atomic E-state index is -0.226. The highest BCUT2D eigenvalue weighted by Gasteiger charge is 2.02. The van der Waals surface area contributed by atoms with E-state index >= 15 is 0 Å². The van der Waals surface area contributed by atoms with Crippen LogP contribution in [0.3, 0.4) is 0 Å². The third-order valence-corrected chi connectivity index (χ3v) is 2.85. The smallest absolute Gasteiger partial charge is 0.124 e. The van der Waals surface area contributed by atoms with Crippen molar-refractivity contribution in [1.29, 1.82) is 0 Å². The molecule has 0 radical (unpaired) electrons. The molecule has 0 atom stereocenters. The second-order valence-corrected chi connectivity index (χ2v) is 4.30. The molecule has 2 rings (SSSR count). The molecule has 0 heterocycles. The molecule has 3 heteroatoms. The summed E-state index contributed by atoms with van der Waals surface area (Å²) in [4.78, 5) is 0. The predicted octanol–water partition coefficient (Wildman–Crippen LogP) is 3.51. The number of rotatable bonds is 6. The van der Waals surface area contributed by atoms with Gasteiger partial charge in [-0.3, -0.25) is 0 Å². The summed E-state index contributed by atoms with van der Waals surface area (Å²) in [5.74, 6) is 0.643. The molecule has 2 aromatic rings. The second kappa shape index (κ2) is 6.90. The van der Waals surface area contributed by atoms with Gasteiger partial charge in [0.15, 0.2) is 0 Å². The first-order chi connectivity index (χ1) is 9.29. The van der Waals surface area contributed by atoms with Gasteiger partial charge in [0, 0.05) is 12.1 Å². The molecule has 19 heavy (non-hydrogen) atoms. The van der Waals surface area contributed by atoms with Crippen LogP contribution in [0.25, 0.3) is 0 Å². The Morgan fingerprint density at radius 3 is 2.53 bits per heavy atom. The Morgan fingerprint density at radius 1 is 1.05 bits per heavy atom. The maximum Gasteiger partial charge on any atom is 0.124 e. The Kier molecular flexibility index (Phi) is 4.93. The van der Waals surface area contributed by atoms with Gasteiger partial charge >= 0.3 is 0 Å². The van der Waals surface area contributed by atoms with Crippen LogP contribution in [0.5, 0.6) is 5.75 Å². The molecular formula is C16H18FNO. The summed E-state index contributed by atoms with van der Waals surface area (Å²) < 4.78 is 18.6. The fourth-order valence-corrected chi connectivity index (χ4v) is 1.79. The summed E-state index contributed by atoms with van der Waals surface area (Å²) in [7, 11) is 0. The van der Waals surface area contributed by atoms with Crippen LogP contribution in [0.1, 0.15) is 18.1 Å². The lowest BCUT2D eigenvalue weighted by Gasteiger charge is -2.11. The Labute approximate surface area is 113 Å². The zero-order chi connectivity index (χ0) is 13.5. The number of nitrogens with one attached hydrogen (secondary N) is 1. The predicted molar refractivity (Wildman–Crippen MR) is 74.6 cm³/mol. The van der Waals surface area contributed by atoms with Crippen LogP contribution < -0.4 is 10.1 Å². The lowest BCUT2D eigenvalue weighted by molar-refractivity contribution is 0.302. The molecule has 0 unspecified atom stereocenters. The molecule has 2 nitrogen and oxygen atoms in total. The number of para-hydroxylation sites is 1. The molecule has 0 saturated heterocycles. The number of ether oxygens (including phenoxy) is 1. The summed E-state index contributed by atoms with van der Waals surface area (Å²) >= 11 is 0. The normalized spacial score (nSPS) is 10.4. The lowest BCUT2D eigenvalue weighted by atomic mass is 10.2. The summed E-state index contributed by atoms with van der Waals surface area (Å²) in [6.45, 7) is 4.23. The highest BCUT2D eigenvalue weighted by Crippen LogP contribution is 2.19. The van der Waals surface area contributed by atoms with E-state index in [2.05, 4.69) is 12.2 Å². The molecule has 0 aliphatic heterocycles. The fraction of sp³-hybridized carbons (Fsp3) is 0.250. The van der Waals surface area contributed by atoms with E-state index in [-0.39, 0.29) is 5.82 Å². The van der Waals surface area contributed by atoms with Crippen molar-refractivity contribution in [3.63, 3.8) is 0 Å². The number of hydrogen-bond donors (Lipinski definition) is 1. The Balaban J connectivity index is 2.00. The van der Waals surface area contributed by atoms with Crippen molar-refractivity contribution in [2.45, 2.75) is 20.1 Å². The van der Waals surface area contributed by atoms with Gasteiger partial charge in [0.1, 0.15) is 18.2 Å². The van der Waals surface area contributed by atoms with Gasteiger partial charge < -0.3 is 10.1 Å². The van der Waals surface area contributed by atoms with Crippen molar-refractivity contribution in [1.82, 2.24) is 5.32 Å². The Hall–Kier alpha value is -1.87. The van der Waals surface area contributed by atoms with Gasteiger partial charge in [-0.25, -0.2) is 4.39 Å². The first-order valence-electron chi connectivity index (χ1n) is 6.45. The van der Waals surface area contributed by atoms with Crippen LogP contribution in [0.15, 0.2) is 48.5 Å². The second-order valence-electron chi connectivity index (χ2n) is 4.30. The standard InChI is InChI=1S/C16H18FNO/c1-2-18-11-14-5-3-4-6-16(14)19-12-13-7-9-15(17)10-8-13/h3-10,18H,2,11-12H2,1H3. The third-order valence-electron chi connectivity index (χ3n) is 2.85. The van der Waals surface area contributed by atoms with E-state index in [1.807, 2.05) is 24.3 Å². The average Bonchev–Trinajstić information content (AvgIpc) is 2.45. The number of benzene rings is 2. The minimum absolute atomic E-state index is 0.226. The van der Waals surface area contributed by atoms with Crippen molar-refractivity contribution >= 4 is 0 Å². The summed E-state index contributed by atoms with van der Waals surface area (Å²) in [5, 5.41) is 3.28. The first-order valence-corrected chi connectivity index (χ1v) is 6.45. The zero-order valence-corrected chi connectivity index (χ0v) is 11.0. The minimum Gasteiger partial charge on any atom is -0.489 e. The SMILES string of the molecule is CCNCc1ccccc1OCc1ccc(F)cc1. The summed E-state index contributed by atoms with van der Waals surface area (Å²) in [6.07, 6.45) is 0. The third kappa shape index (κ3) is 4.07. The maximum absolute atomic E-state index is 12.8. The molecule has 2 aromatic carbocycles.